The summed E-state index contributed by atoms with van der Waals surface area (Å²) in [7, 11) is 1.78. The SMILES string of the molecule is Cc1cc2ccccc2n1CC(=O)N(C)CCC(C)O. The van der Waals surface area contributed by atoms with Crippen LogP contribution in [0, 0.1) is 6.92 Å². The van der Waals surface area contributed by atoms with Gasteiger partial charge in [0.05, 0.1) is 6.10 Å². The minimum atomic E-state index is -0.376. The van der Waals surface area contributed by atoms with Gasteiger partial charge in [0.25, 0.3) is 0 Å². The number of aromatic nitrogens is 1. The summed E-state index contributed by atoms with van der Waals surface area (Å²) >= 11 is 0. The monoisotopic (exact) mass is 274 g/mol. The van der Waals surface area contributed by atoms with Crippen molar-refractivity contribution in [2.45, 2.75) is 32.9 Å². The zero-order chi connectivity index (χ0) is 14.7. The Morgan fingerprint density at radius 1 is 1.40 bits per heavy atom. The fourth-order valence-corrected chi connectivity index (χ4v) is 2.32. The lowest BCUT2D eigenvalue weighted by Gasteiger charge is -2.19. The molecule has 108 valence electrons. The highest BCUT2D eigenvalue weighted by Gasteiger charge is 2.13. The first kappa shape index (κ1) is 14.6. The van der Waals surface area contributed by atoms with Gasteiger partial charge in [-0.1, -0.05) is 18.2 Å². The van der Waals surface area contributed by atoms with Crippen LogP contribution in [0.15, 0.2) is 30.3 Å². The first-order chi connectivity index (χ1) is 9.49. The van der Waals surface area contributed by atoms with Crippen molar-refractivity contribution in [2.24, 2.45) is 0 Å². The number of fused-ring (bicyclic) bond motifs is 1. The molecule has 0 radical (unpaired) electrons. The molecule has 1 heterocycles. The Hall–Kier alpha value is -1.81. The van der Waals surface area contributed by atoms with Gasteiger partial charge >= 0.3 is 0 Å². The van der Waals surface area contributed by atoms with E-state index < -0.39 is 0 Å². The Kier molecular flexibility index (Phi) is 4.45. The van der Waals surface area contributed by atoms with E-state index in [9.17, 15) is 9.90 Å². The minimum Gasteiger partial charge on any atom is -0.393 e. The van der Waals surface area contributed by atoms with Crippen LogP contribution in [0.5, 0.6) is 0 Å². The van der Waals surface area contributed by atoms with E-state index in [4.69, 9.17) is 0 Å². The molecule has 2 aromatic rings. The second-order valence-corrected chi connectivity index (χ2v) is 5.38. The molecule has 1 aromatic heterocycles. The number of amides is 1. The topological polar surface area (TPSA) is 45.5 Å². The maximum Gasteiger partial charge on any atom is 0.242 e. The predicted molar refractivity (Wildman–Crippen MR) is 80.6 cm³/mol. The third-order valence-corrected chi connectivity index (χ3v) is 3.62. The van der Waals surface area contributed by atoms with Crippen molar-refractivity contribution < 1.29 is 9.90 Å². The number of rotatable bonds is 5. The molecule has 0 saturated heterocycles. The first-order valence-electron chi connectivity index (χ1n) is 6.96. The van der Waals surface area contributed by atoms with Gasteiger partial charge < -0.3 is 14.6 Å². The van der Waals surface area contributed by atoms with E-state index in [2.05, 4.69) is 12.1 Å². The van der Waals surface area contributed by atoms with Gasteiger partial charge in [0.1, 0.15) is 6.54 Å². The molecule has 1 N–H and O–H groups in total. The van der Waals surface area contributed by atoms with E-state index in [0.29, 0.717) is 19.5 Å². The van der Waals surface area contributed by atoms with E-state index in [1.54, 1.807) is 18.9 Å². The van der Waals surface area contributed by atoms with Crippen LogP contribution in [0.4, 0.5) is 0 Å². The number of hydrogen-bond acceptors (Lipinski definition) is 2. The molecule has 0 bridgehead atoms. The van der Waals surface area contributed by atoms with Crippen molar-refractivity contribution in [2.75, 3.05) is 13.6 Å². The molecule has 1 unspecified atom stereocenters. The second kappa shape index (κ2) is 6.09. The summed E-state index contributed by atoms with van der Waals surface area (Å²) in [6.07, 6.45) is 0.229. The van der Waals surface area contributed by atoms with E-state index in [1.807, 2.05) is 29.7 Å². The number of hydrogen-bond donors (Lipinski definition) is 1. The van der Waals surface area contributed by atoms with Crippen LogP contribution in [-0.4, -0.2) is 40.2 Å². The summed E-state index contributed by atoms with van der Waals surface area (Å²) in [6, 6.07) is 10.2. The number of aliphatic hydroxyl groups excluding tert-OH is 1. The molecule has 4 heteroatoms. The number of likely N-dealkylation sites (N-methyl/N-ethyl adjacent to an activating group) is 1. The quantitative estimate of drug-likeness (QED) is 0.908. The smallest absolute Gasteiger partial charge is 0.242 e. The van der Waals surface area contributed by atoms with Crippen molar-refractivity contribution in [3.05, 3.63) is 36.0 Å². The van der Waals surface area contributed by atoms with Crippen molar-refractivity contribution >= 4 is 16.8 Å². The van der Waals surface area contributed by atoms with Gasteiger partial charge in [-0.2, -0.15) is 0 Å². The van der Waals surface area contributed by atoms with Crippen LogP contribution in [-0.2, 0) is 11.3 Å². The van der Waals surface area contributed by atoms with Gasteiger partial charge in [0, 0.05) is 24.8 Å². The second-order valence-electron chi connectivity index (χ2n) is 5.38. The number of aryl methyl sites for hydroxylation is 1. The summed E-state index contributed by atoms with van der Waals surface area (Å²) in [6.45, 7) is 4.68. The lowest BCUT2D eigenvalue weighted by atomic mass is 10.2. The van der Waals surface area contributed by atoms with E-state index in [-0.39, 0.29) is 12.0 Å². The van der Waals surface area contributed by atoms with E-state index >= 15 is 0 Å². The zero-order valence-corrected chi connectivity index (χ0v) is 12.3. The minimum absolute atomic E-state index is 0.0649. The zero-order valence-electron chi connectivity index (χ0n) is 12.3. The Morgan fingerprint density at radius 2 is 2.10 bits per heavy atom. The molecule has 4 nitrogen and oxygen atoms in total. The van der Waals surface area contributed by atoms with Gasteiger partial charge in [-0.25, -0.2) is 0 Å². The normalized spacial score (nSPS) is 12.6. The highest BCUT2D eigenvalue weighted by molar-refractivity contribution is 5.84. The molecule has 0 aliphatic rings. The van der Waals surface area contributed by atoms with Gasteiger partial charge in [-0.15, -0.1) is 0 Å². The van der Waals surface area contributed by atoms with Crippen LogP contribution in [0.3, 0.4) is 0 Å². The summed E-state index contributed by atoms with van der Waals surface area (Å²) in [5, 5.41) is 10.4. The third-order valence-electron chi connectivity index (χ3n) is 3.62. The Labute approximate surface area is 119 Å². The highest BCUT2D eigenvalue weighted by atomic mass is 16.3. The molecular formula is C16H22N2O2. The Balaban J connectivity index is 2.11. The summed E-state index contributed by atoms with van der Waals surface area (Å²) in [4.78, 5) is 13.9. The summed E-state index contributed by atoms with van der Waals surface area (Å²) in [5.74, 6) is 0.0649. The van der Waals surface area contributed by atoms with E-state index in [1.165, 1.54) is 0 Å². The Bertz CT molecular complexity index is 602. The number of aliphatic hydroxyl groups is 1. The predicted octanol–water partition coefficient (Wildman–Crippen LogP) is 2.18. The number of carbonyl (C=O) groups is 1. The average molecular weight is 274 g/mol. The number of nitrogens with zero attached hydrogens (tertiary/aromatic N) is 2. The molecule has 0 spiro atoms. The molecule has 1 atom stereocenters. The number of carbonyl (C=O) groups excluding carboxylic acids is 1. The van der Waals surface area contributed by atoms with Crippen LogP contribution in [0.2, 0.25) is 0 Å². The van der Waals surface area contributed by atoms with Gasteiger partial charge in [0.15, 0.2) is 0 Å². The summed E-state index contributed by atoms with van der Waals surface area (Å²) in [5.41, 5.74) is 2.17. The van der Waals surface area contributed by atoms with E-state index in [0.717, 1.165) is 16.6 Å². The molecular weight excluding hydrogens is 252 g/mol. The molecule has 1 amide bonds. The molecule has 2 rings (SSSR count). The van der Waals surface area contributed by atoms with Crippen molar-refractivity contribution in [3.8, 4) is 0 Å². The highest BCUT2D eigenvalue weighted by Crippen LogP contribution is 2.19. The van der Waals surface area contributed by atoms with Gasteiger partial charge in [-0.05, 0) is 37.8 Å². The maximum atomic E-state index is 12.2. The largest absolute Gasteiger partial charge is 0.393 e. The molecule has 0 fully saturated rings. The van der Waals surface area contributed by atoms with Crippen LogP contribution in [0.1, 0.15) is 19.0 Å². The standard InChI is InChI=1S/C16H22N2O2/c1-12-10-14-6-4-5-7-15(14)18(12)11-16(20)17(3)9-8-13(2)19/h4-7,10,13,19H,8-9,11H2,1-3H3. The number of para-hydroxylation sites is 1. The van der Waals surface area contributed by atoms with Crippen molar-refractivity contribution in [3.63, 3.8) is 0 Å². The fourth-order valence-electron chi connectivity index (χ4n) is 2.32. The van der Waals surface area contributed by atoms with Crippen molar-refractivity contribution in [1.82, 2.24) is 9.47 Å². The van der Waals surface area contributed by atoms with Crippen LogP contribution < -0.4 is 0 Å². The summed E-state index contributed by atoms with van der Waals surface area (Å²) < 4.78 is 2.04. The Morgan fingerprint density at radius 3 is 2.80 bits per heavy atom. The van der Waals surface area contributed by atoms with Crippen LogP contribution >= 0.6 is 0 Å². The first-order valence-corrected chi connectivity index (χ1v) is 6.96. The van der Waals surface area contributed by atoms with Crippen molar-refractivity contribution in [1.29, 1.82) is 0 Å². The van der Waals surface area contributed by atoms with Crippen LogP contribution in [0.25, 0.3) is 10.9 Å². The molecule has 20 heavy (non-hydrogen) atoms. The fraction of sp³-hybridized carbons (Fsp3) is 0.438. The number of benzene rings is 1. The molecule has 0 aliphatic carbocycles. The van der Waals surface area contributed by atoms with Gasteiger partial charge in [0.2, 0.25) is 5.91 Å². The molecule has 0 aliphatic heterocycles. The van der Waals surface area contributed by atoms with Gasteiger partial charge in [-0.3, -0.25) is 4.79 Å². The lowest BCUT2D eigenvalue weighted by Crippen LogP contribution is -2.32. The third kappa shape index (κ3) is 3.20. The molecule has 0 saturated carbocycles. The maximum absolute atomic E-state index is 12.2. The molecule has 1 aromatic carbocycles. The lowest BCUT2D eigenvalue weighted by molar-refractivity contribution is -0.130. The average Bonchev–Trinajstić information content (AvgIpc) is 2.72.